The molecular formula is C17H19NO3. The molecule has 0 saturated carbocycles. The van der Waals surface area contributed by atoms with E-state index >= 15 is 0 Å². The van der Waals surface area contributed by atoms with Crippen molar-refractivity contribution in [2.45, 2.75) is 27.1 Å². The lowest BCUT2D eigenvalue weighted by molar-refractivity contribution is 0.155. The number of amides is 1. The molecule has 2 aromatic carbocycles. The van der Waals surface area contributed by atoms with E-state index in [9.17, 15) is 9.90 Å². The van der Waals surface area contributed by atoms with Crippen LogP contribution in [0, 0.1) is 13.8 Å². The molecule has 0 aliphatic rings. The predicted molar refractivity (Wildman–Crippen MR) is 82.1 cm³/mol. The van der Waals surface area contributed by atoms with Crippen molar-refractivity contribution in [2.24, 2.45) is 0 Å². The summed E-state index contributed by atoms with van der Waals surface area (Å²) in [6, 6.07) is 13.2. The Morgan fingerprint density at radius 2 is 1.86 bits per heavy atom. The minimum atomic E-state index is -0.505. The average Bonchev–Trinajstić information content (AvgIpc) is 2.49. The first-order valence-electron chi connectivity index (χ1n) is 6.79. The third kappa shape index (κ3) is 4.07. The molecule has 21 heavy (non-hydrogen) atoms. The molecule has 1 amide bonds. The van der Waals surface area contributed by atoms with Crippen LogP contribution in [0.4, 0.5) is 10.5 Å². The first kappa shape index (κ1) is 15.1. The van der Waals surface area contributed by atoms with E-state index in [1.807, 2.05) is 50.2 Å². The van der Waals surface area contributed by atoms with Crippen LogP contribution in [-0.4, -0.2) is 11.2 Å². The summed E-state index contributed by atoms with van der Waals surface area (Å²) in [4.78, 5) is 11.8. The zero-order valence-electron chi connectivity index (χ0n) is 12.2. The highest BCUT2D eigenvalue weighted by Crippen LogP contribution is 2.21. The molecule has 0 fully saturated rings. The Hall–Kier alpha value is -2.33. The maximum Gasteiger partial charge on any atom is 0.411 e. The van der Waals surface area contributed by atoms with Gasteiger partial charge in [0.25, 0.3) is 0 Å². The topological polar surface area (TPSA) is 58.6 Å². The van der Waals surface area contributed by atoms with Gasteiger partial charge in [-0.1, -0.05) is 36.4 Å². The van der Waals surface area contributed by atoms with E-state index in [0.717, 1.165) is 22.3 Å². The Labute approximate surface area is 124 Å². The number of carbonyl (C=O) groups excluding carboxylic acids is 1. The van der Waals surface area contributed by atoms with Crippen molar-refractivity contribution in [2.75, 3.05) is 5.32 Å². The predicted octanol–water partition coefficient (Wildman–Crippen LogP) is 3.54. The number of ether oxygens (including phenoxy) is 1. The number of aliphatic hydroxyl groups is 1. The average molecular weight is 285 g/mol. The fraction of sp³-hybridized carbons (Fsp3) is 0.235. The van der Waals surface area contributed by atoms with E-state index in [-0.39, 0.29) is 13.2 Å². The zero-order chi connectivity index (χ0) is 15.2. The monoisotopic (exact) mass is 285 g/mol. The number of carbonyl (C=O) groups is 1. The fourth-order valence-electron chi connectivity index (χ4n) is 2.07. The molecule has 0 radical (unpaired) electrons. The molecule has 0 saturated heterocycles. The molecule has 0 aliphatic heterocycles. The second-order valence-electron chi connectivity index (χ2n) is 4.94. The molecule has 0 heterocycles. The largest absolute Gasteiger partial charge is 0.444 e. The molecule has 0 aromatic heterocycles. The second kappa shape index (κ2) is 6.90. The lowest BCUT2D eigenvalue weighted by atomic mass is 10.0. The number of benzene rings is 2. The summed E-state index contributed by atoms with van der Waals surface area (Å²) in [5.41, 5.74) is 4.31. The molecule has 2 aromatic rings. The lowest BCUT2D eigenvalue weighted by Crippen LogP contribution is -2.14. The van der Waals surface area contributed by atoms with E-state index in [0.29, 0.717) is 5.69 Å². The van der Waals surface area contributed by atoms with Gasteiger partial charge in [0, 0.05) is 5.69 Å². The van der Waals surface area contributed by atoms with E-state index in [2.05, 4.69) is 5.32 Å². The third-order valence-electron chi connectivity index (χ3n) is 3.30. The molecule has 4 heteroatoms. The van der Waals surface area contributed by atoms with Gasteiger partial charge in [0.15, 0.2) is 0 Å². The van der Waals surface area contributed by atoms with E-state index in [1.54, 1.807) is 6.07 Å². The van der Waals surface area contributed by atoms with Gasteiger partial charge in [-0.2, -0.15) is 0 Å². The number of rotatable bonds is 4. The molecule has 2 rings (SSSR count). The quantitative estimate of drug-likeness (QED) is 0.903. The normalized spacial score (nSPS) is 10.2. The Kier molecular flexibility index (Phi) is 4.95. The third-order valence-corrected chi connectivity index (χ3v) is 3.30. The van der Waals surface area contributed by atoms with Crippen molar-refractivity contribution in [3.05, 3.63) is 64.7 Å². The van der Waals surface area contributed by atoms with Crippen LogP contribution >= 0.6 is 0 Å². The highest BCUT2D eigenvalue weighted by Gasteiger charge is 2.08. The van der Waals surface area contributed by atoms with Crippen molar-refractivity contribution < 1.29 is 14.6 Å². The summed E-state index contributed by atoms with van der Waals surface area (Å²) in [7, 11) is 0. The Morgan fingerprint density at radius 3 is 2.52 bits per heavy atom. The van der Waals surface area contributed by atoms with Crippen LogP contribution in [0.3, 0.4) is 0 Å². The number of anilines is 1. The summed E-state index contributed by atoms with van der Waals surface area (Å²) < 4.78 is 5.18. The maximum atomic E-state index is 11.8. The van der Waals surface area contributed by atoms with Crippen LogP contribution < -0.4 is 5.32 Å². The maximum absolute atomic E-state index is 11.8. The minimum Gasteiger partial charge on any atom is -0.444 e. The molecule has 4 nitrogen and oxygen atoms in total. The molecule has 0 aliphatic carbocycles. The van der Waals surface area contributed by atoms with Crippen LogP contribution in [0.15, 0.2) is 42.5 Å². The molecule has 0 bridgehead atoms. The summed E-state index contributed by atoms with van der Waals surface area (Å²) in [5, 5.41) is 12.0. The number of aliphatic hydroxyl groups excluding tert-OH is 1. The van der Waals surface area contributed by atoms with Crippen molar-refractivity contribution in [1.29, 1.82) is 0 Å². The Balaban J connectivity index is 1.99. The number of hydrogen-bond donors (Lipinski definition) is 2. The van der Waals surface area contributed by atoms with Gasteiger partial charge in [-0.15, -0.1) is 0 Å². The summed E-state index contributed by atoms with van der Waals surface area (Å²) >= 11 is 0. The van der Waals surface area contributed by atoms with Gasteiger partial charge in [0.1, 0.15) is 6.61 Å². The summed E-state index contributed by atoms with van der Waals surface area (Å²) in [5.74, 6) is 0. The van der Waals surface area contributed by atoms with Gasteiger partial charge in [-0.25, -0.2) is 4.79 Å². The van der Waals surface area contributed by atoms with E-state index in [4.69, 9.17) is 4.74 Å². The van der Waals surface area contributed by atoms with Crippen molar-refractivity contribution >= 4 is 11.8 Å². The molecule has 2 N–H and O–H groups in total. The first-order valence-corrected chi connectivity index (χ1v) is 6.79. The molecule has 0 unspecified atom stereocenters. The Morgan fingerprint density at radius 1 is 1.14 bits per heavy atom. The van der Waals surface area contributed by atoms with Crippen molar-refractivity contribution in [3.8, 4) is 0 Å². The summed E-state index contributed by atoms with van der Waals surface area (Å²) in [6.45, 7) is 4.00. The van der Waals surface area contributed by atoms with Crippen LogP contribution in [0.25, 0.3) is 0 Å². The number of hydrogen-bond acceptors (Lipinski definition) is 3. The minimum absolute atomic E-state index is 0.0557. The van der Waals surface area contributed by atoms with Gasteiger partial charge in [-0.3, -0.25) is 5.32 Å². The van der Waals surface area contributed by atoms with Gasteiger partial charge in [-0.05, 0) is 42.2 Å². The highest BCUT2D eigenvalue weighted by atomic mass is 16.5. The molecule has 110 valence electrons. The van der Waals surface area contributed by atoms with Crippen LogP contribution in [0.5, 0.6) is 0 Å². The van der Waals surface area contributed by atoms with Crippen molar-refractivity contribution in [3.63, 3.8) is 0 Å². The molecular weight excluding hydrogens is 266 g/mol. The first-order chi connectivity index (χ1) is 10.1. The van der Waals surface area contributed by atoms with Crippen LogP contribution in [0.1, 0.15) is 22.3 Å². The standard InChI is InChI=1S/C17H19NO3/c1-12-8-13(2)16(9-15(12)10-19)18-17(20)21-11-14-6-4-3-5-7-14/h3-9,19H,10-11H2,1-2H3,(H,18,20). The Bertz CT molecular complexity index is 623. The van der Waals surface area contributed by atoms with Gasteiger partial charge in [0.05, 0.1) is 6.61 Å². The van der Waals surface area contributed by atoms with E-state index in [1.165, 1.54) is 0 Å². The van der Waals surface area contributed by atoms with Gasteiger partial charge in [0.2, 0.25) is 0 Å². The van der Waals surface area contributed by atoms with Gasteiger partial charge < -0.3 is 9.84 Å². The van der Waals surface area contributed by atoms with Crippen LogP contribution in [-0.2, 0) is 18.0 Å². The second-order valence-corrected chi connectivity index (χ2v) is 4.94. The smallest absolute Gasteiger partial charge is 0.411 e. The SMILES string of the molecule is Cc1cc(C)c(NC(=O)OCc2ccccc2)cc1CO. The van der Waals surface area contributed by atoms with Crippen molar-refractivity contribution in [1.82, 2.24) is 0 Å². The summed E-state index contributed by atoms with van der Waals surface area (Å²) in [6.07, 6.45) is -0.505. The zero-order valence-corrected chi connectivity index (χ0v) is 12.2. The molecule has 0 spiro atoms. The van der Waals surface area contributed by atoms with E-state index < -0.39 is 6.09 Å². The molecule has 0 atom stereocenters. The number of nitrogens with one attached hydrogen (secondary N) is 1. The highest BCUT2D eigenvalue weighted by molar-refractivity contribution is 5.85. The van der Waals surface area contributed by atoms with Gasteiger partial charge >= 0.3 is 6.09 Å². The number of aryl methyl sites for hydroxylation is 2. The lowest BCUT2D eigenvalue weighted by Gasteiger charge is -2.12. The fourth-order valence-corrected chi connectivity index (χ4v) is 2.07. The van der Waals surface area contributed by atoms with Crippen LogP contribution in [0.2, 0.25) is 0 Å².